The first-order valence-corrected chi connectivity index (χ1v) is 7.33. The average Bonchev–Trinajstić information content (AvgIpc) is 2.72. The van der Waals surface area contributed by atoms with E-state index in [1.165, 1.54) is 23.7 Å². The Morgan fingerprint density at radius 3 is 3.13 bits per heavy atom. The number of thiophene rings is 1. The Labute approximate surface area is 99.8 Å². The number of rotatable bonds is 3. The summed E-state index contributed by atoms with van der Waals surface area (Å²) >= 11 is 3.89. The molecule has 4 heteroatoms. The number of hydrogen-bond acceptors (Lipinski definition) is 4. The summed E-state index contributed by atoms with van der Waals surface area (Å²) in [5, 5.41) is 2.88. The van der Waals surface area contributed by atoms with Gasteiger partial charge in [-0.15, -0.1) is 11.3 Å². The van der Waals surface area contributed by atoms with Crippen LogP contribution >= 0.6 is 23.1 Å². The number of nitrogens with two attached hydrogens (primary N) is 1. The lowest BCUT2D eigenvalue weighted by Crippen LogP contribution is -2.41. The monoisotopic (exact) mass is 242 g/mol. The topological polar surface area (TPSA) is 29.3 Å². The third-order valence-corrected chi connectivity index (χ3v) is 4.92. The largest absolute Gasteiger partial charge is 0.329 e. The van der Waals surface area contributed by atoms with E-state index in [9.17, 15) is 0 Å². The molecule has 15 heavy (non-hydrogen) atoms. The van der Waals surface area contributed by atoms with Gasteiger partial charge in [0.15, 0.2) is 0 Å². The fourth-order valence-corrected chi connectivity index (χ4v) is 3.97. The summed E-state index contributed by atoms with van der Waals surface area (Å²) in [5.41, 5.74) is 5.90. The molecule has 1 aliphatic heterocycles. The molecule has 2 atom stereocenters. The minimum absolute atomic E-state index is 0.438. The predicted octanol–water partition coefficient (Wildman–Crippen LogP) is 2.19. The molecule has 2 heterocycles. The van der Waals surface area contributed by atoms with Crippen molar-refractivity contribution in [3.8, 4) is 0 Å². The van der Waals surface area contributed by atoms with Gasteiger partial charge in [-0.05, 0) is 11.4 Å². The van der Waals surface area contributed by atoms with E-state index in [1.807, 2.05) is 11.3 Å². The second kappa shape index (κ2) is 5.34. The molecule has 2 nitrogen and oxygen atoms in total. The van der Waals surface area contributed by atoms with Crippen LogP contribution in [0.1, 0.15) is 17.8 Å². The third kappa shape index (κ3) is 2.75. The van der Waals surface area contributed by atoms with E-state index in [1.54, 1.807) is 0 Å². The van der Waals surface area contributed by atoms with Crippen LogP contribution in [0.2, 0.25) is 0 Å². The maximum atomic E-state index is 5.90. The molecule has 0 aliphatic carbocycles. The molecule has 0 spiro atoms. The fourth-order valence-electron chi connectivity index (χ4n) is 2.05. The van der Waals surface area contributed by atoms with E-state index in [-0.39, 0.29) is 0 Å². The molecule has 1 aromatic heterocycles. The van der Waals surface area contributed by atoms with Gasteiger partial charge in [0.25, 0.3) is 0 Å². The molecule has 1 aromatic rings. The Bertz CT molecular complexity index is 287. The van der Waals surface area contributed by atoms with Crippen LogP contribution < -0.4 is 5.73 Å². The standard InChI is InChI=1S/C11H18N2S2/c1-9-8-13(4-6-14-9)10(7-12)11-3-2-5-15-11/h2-3,5,9-10H,4,6-8,12H2,1H3. The zero-order chi connectivity index (χ0) is 10.7. The highest BCUT2D eigenvalue weighted by Gasteiger charge is 2.24. The molecule has 0 radical (unpaired) electrons. The van der Waals surface area contributed by atoms with Gasteiger partial charge in [-0.25, -0.2) is 0 Å². The minimum atomic E-state index is 0.438. The Balaban J connectivity index is 2.06. The van der Waals surface area contributed by atoms with Crippen molar-refractivity contribution in [3.63, 3.8) is 0 Å². The van der Waals surface area contributed by atoms with Crippen molar-refractivity contribution in [2.75, 3.05) is 25.4 Å². The van der Waals surface area contributed by atoms with Crippen LogP contribution in [0, 0.1) is 0 Å². The highest BCUT2D eigenvalue weighted by molar-refractivity contribution is 7.99. The lowest BCUT2D eigenvalue weighted by Gasteiger charge is -2.36. The van der Waals surface area contributed by atoms with Crippen molar-refractivity contribution < 1.29 is 0 Å². The van der Waals surface area contributed by atoms with E-state index < -0.39 is 0 Å². The van der Waals surface area contributed by atoms with E-state index in [4.69, 9.17) is 5.73 Å². The highest BCUT2D eigenvalue weighted by Crippen LogP contribution is 2.28. The van der Waals surface area contributed by atoms with Gasteiger partial charge in [-0.2, -0.15) is 11.8 Å². The first-order valence-electron chi connectivity index (χ1n) is 5.40. The van der Waals surface area contributed by atoms with Crippen LogP contribution in [0.5, 0.6) is 0 Å². The van der Waals surface area contributed by atoms with Crippen molar-refractivity contribution in [1.29, 1.82) is 0 Å². The summed E-state index contributed by atoms with van der Waals surface area (Å²) in [5.74, 6) is 1.24. The van der Waals surface area contributed by atoms with Crippen molar-refractivity contribution in [2.45, 2.75) is 18.2 Å². The Morgan fingerprint density at radius 2 is 2.53 bits per heavy atom. The zero-order valence-corrected chi connectivity index (χ0v) is 10.7. The van der Waals surface area contributed by atoms with Crippen LogP contribution in [0.4, 0.5) is 0 Å². The molecular weight excluding hydrogens is 224 g/mol. The highest BCUT2D eigenvalue weighted by atomic mass is 32.2. The maximum absolute atomic E-state index is 5.90. The second-order valence-electron chi connectivity index (χ2n) is 3.94. The van der Waals surface area contributed by atoms with E-state index >= 15 is 0 Å². The molecule has 1 saturated heterocycles. The van der Waals surface area contributed by atoms with Gasteiger partial charge >= 0.3 is 0 Å². The Kier molecular flexibility index (Phi) is 4.08. The van der Waals surface area contributed by atoms with Crippen molar-refractivity contribution in [2.24, 2.45) is 5.73 Å². The van der Waals surface area contributed by atoms with Crippen molar-refractivity contribution >= 4 is 23.1 Å². The Hall–Kier alpha value is -0.0300. The number of nitrogens with zero attached hydrogens (tertiary/aromatic N) is 1. The van der Waals surface area contributed by atoms with Gasteiger partial charge in [0.2, 0.25) is 0 Å². The summed E-state index contributed by atoms with van der Waals surface area (Å²) in [6.45, 7) is 5.38. The lowest BCUT2D eigenvalue weighted by atomic mass is 10.2. The van der Waals surface area contributed by atoms with E-state index in [0.717, 1.165) is 11.8 Å². The van der Waals surface area contributed by atoms with Crippen LogP contribution in [0.15, 0.2) is 17.5 Å². The third-order valence-electron chi connectivity index (χ3n) is 2.81. The Morgan fingerprint density at radius 1 is 1.67 bits per heavy atom. The lowest BCUT2D eigenvalue weighted by molar-refractivity contribution is 0.214. The number of hydrogen-bond donors (Lipinski definition) is 1. The summed E-state index contributed by atoms with van der Waals surface area (Å²) < 4.78 is 0. The first kappa shape index (κ1) is 11.5. The molecule has 84 valence electrons. The zero-order valence-electron chi connectivity index (χ0n) is 9.06. The summed E-state index contributed by atoms with van der Waals surface area (Å²) in [4.78, 5) is 3.95. The normalized spacial score (nSPS) is 25.3. The average molecular weight is 242 g/mol. The smallest absolute Gasteiger partial charge is 0.0564 e. The molecule has 2 N–H and O–H groups in total. The summed E-state index contributed by atoms with van der Waals surface area (Å²) in [7, 11) is 0. The van der Waals surface area contributed by atoms with Gasteiger partial charge in [-0.3, -0.25) is 4.90 Å². The van der Waals surface area contributed by atoms with Crippen LogP contribution in [0.3, 0.4) is 0 Å². The van der Waals surface area contributed by atoms with Crippen LogP contribution in [-0.4, -0.2) is 35.5 Å². The van der Waals surface area contributed by atoms with Crippen LogP contribution in [-0.2, 0) is 0 Å². The summed E-state index contributed by atoms with van der Waals surface area (Å²) in [6.07, 6.45) is 0. The maximum Gasteiger partial charge on any atom is 0.0564 e. The van der Waals surface area contributed by atoms with E-state index in [0.29, 0.717) is 6.04 Å². The number of thioether (sulfide) groups is 1. The van der Waals surface area contributed by atoms with Gasteiger partial charge in [0.05, 0.1) is 6.04 Å². The minimum Gasteiger partial charge on any atom is -0.329 e. The van der Waals surface area contributed by atoms with Gasteiger partial charge in [0, 0.05) is 35.5 Å². The molecule has 1 fully saturated rings. The predicted molar refractivity (Wildman–Crippen MR) is 69.6 cm³/mol. The van der Waals surface area contributed by atoms with Crippen molar-refractivity contribution in [1.82, 2.24) is 4.90 Å². The first-order chi connectivity index (χ1) is 7.31. The molecule has 2 unspecified atom stereocenters. The van der Waals surface area contributed by atoms with E-state index in [2.05, 4.69) is 41.1 Å². The molecule has 1 aliphatic rings. The van der Waals surface area contributed by atoms with Gasteiger partial charge < -0.3 is 5.73 Å². The molecule has 0 saturated carbocycles. The molecular formula is C11H18N2S2. The summed E-state index contributed by atoms with van der Waals surface area (Å²) in [6, 6.07) is 4.76. The fraction of sp³-hybridized carbons (Fsp3) is 0.636. The SMILES string of the molecule is CC1CN(C(CN)c2cccs2)CCS1. The molecule has 0 aromatic carbocycles. The molecule has 2 rings (SSSR count). The van der Waals surface area contributed by atoms with Gasteiger partial charge in [0.1, 0.15) is 0 Å². The van der Waals surface area contributed by atoms with Crippen molar-refractivity contribution in [3.05, 3.63) is 22.4 Å². The van der Waals surface area contributed by atoms with Crippen LogP contribution in [0.25, 0.3) is 0 Å². The quantitative estimate of drug-likeness (QED) is 0.881. The second-order valence-corrected chi connectivity index (χ2v) is 6.47. The molecule has 0 bridgehead atoms. The molecule has 0 amide bonds. The van der Waals surface area contributed by atoms with Gasteiger partial charge in [-0.1, -0.05) is 13.0 Å².